The van der Waals surface area contributed by atoms with Crippen molar-refractivity contribution in [3.8, 4) is 0 Å². The van der Waals surface area contributed by atoms with Crippen molar-refractivity contribution in [3.63, 3.8) is 0 Å². The van der Waals surface area contributed by atoms with Gasteiger partial charge in [0.05, 0.1) is 0 Å². The average molecular weight is 155 g/mol. The maximum Gasteiger partial charge on any atom is 0.000728 e. The Hall–Kier alpha value is -0.0400. The van der Waals surface area contributed by atoms with E-state index >= 15 is 0 Å². The van der Waals surface area contributed by atoms with Gasteiger partial charge in [0.15, 0.2) is 0 Å². The van der Waals surface area contributed by atoms with E-state index in [9.17, 15) is 0 Å². The summed E-state index contributed by atoms with van der Waals surface area (Å²) >= 11 is 0. The first-order valence-electron chi connectivity index (χ1n) is 4.66. The molecule has 1 aliphatic heterocycles. The Morgan fingerprint density at radius 3 is 2.36 bits per heavy atom. The highest BCUT2D eigenvalue weighted by Crippen LogP contribution is 2.29. The number of rotatable bonds is 1. The molecule has 1 heteroatoms. The van der Waals surface area contributed by atoms with E-state index < -0.39 is 0 Å². The van der Waals surface area contributed by atoms with Gasteiger partial charge in [-0.25, -0.2) is 0 Å². The SMILES string of the molecule is CN1CCC(CC(C)(C)C)C1. The molecule has 11 heavy (non-hydrogen) atoms. The quantitative estimate of drug-likeness (QED) is 0.562. The summed E-state index contributed by atoms with van der Waals surface area (Å²) in [5, 5.41) is 0. The van der Waals surface area contributed by atoms with Gasteiger partial charge in [-0.05, 0) is 37.8 Å². The molecule has 1 fully saturated rings. The summed E-state index contributed by atoms with van der Waals surface area (Å²) in [5.41, 5.74) is 0.524. The molecule has 0 aromatic carbocycles. The molecule has 1 saturated heterocycles. The average Bonchev–Trinajstić information content (AvgIpc) is 2.10. The minimum atomic E-state index is 0.524. The van der Waals surface area contributed by atoms with Gasteiger partial charge in [0.1, 0.15) is 0 Å². The van der Waals surface area contributed by atoms with Gasteiger partial charge < -0.3 is 4.90 Å². The van der Waals surface area contributed by atoms with Crippen molar-refractivity contribution < 1.29 is 0 Å². The molecule has 0 amide bonds. The zero-order valence-corrected chi connectivity index (χ0v) is 8.35. The predicted octanol–water partition coefficient (Wildman–Crippen LogP) is 2.37. The smallest absolute Gasteiger partial charge is 0.000728 e. The van der Waals surface area contributed by atoms with Gasteiger partial charge in [-0.2, -0.15) is 0 Å². The van der Waals surface area contributed by atoms with Crippen LogP contribution in [0.5, 0.6) is 0 Å². The van der Waals surface area contributed by atoms with Gasteiger partial charge in [0.2, 0.25) is 0 Å². The molecule has 1 nitrogen and oxygen atoms in total. The van der Waals surface area contributed by atoms with Gasteiger partial charge in [0.25, 0.3) is 0 Å². The van der Waals surface area contributed by atoms with E-state index in [1.165, 1.54) is 25.9 Å². The van der Waals surface area contributed by atoms with Crippen molar-refractivity contribution in [1.29, 1.82) is 0 Å². The van der Waals surface area contributed by atoms with Crippen LogP contribution in [0.3, 0.4) is 0 Å². The first-order valence-corrected chi connectivity index (χ1v) is 4.66. The van der Waals surface area contributed by atoms with Gasteiger partial charge in [0, 0.05) is 6.54 Å². The molecule has 1 unspecified atom stereocenters. The van der Waals surface area contributed by atoms with E-state index in [4.69, 9.17) is 0 Å². The van der Waals surface area contributed by atoms with Crippen molar-refractivity contribution >= 4 is 0 Å². The normalized spacial score (nSPS) is 27.8. The lowest BCUT2D eigenvalue weighted by Gasteiger charge is -2.22. The fourth-order valence-electron chi connectivity index (χ4n) is 2.06. The van der Waals surface area contributed by atoms with Crippen LogP contribution in [0, 0.1) is 11.3 Å². The number of hydrogen-bond donors (Lipinski definition) is 0. The van der Waals surface area contributed by atoms with Gasteiger partial charge in [-0.15, -0.1) is 0 Å². The van der Waals surface area contributed by atoms with Crippen LogP contribution >= 0.6 is 0 Å². The van der Waals surface area contributed by atoms with Crippen molar-refractivity contribution in [2.45, 2.75) is 33.6 Å². The van der Waals surface area contributed by atoms with E-state index in [2.05, 4.69) is 32.7 Å². The molecule has 1 atom stereocenters. The Kier molecular flexibility index (Phi) is 2.58. The fraction of sp³-hybridized carbons (Fsp3) is 1.00. The van der Waals surface area contributed by atoms with Crippen LogP contribution in [0.4, 0.5) is 0 Å². The van der Waals surface area contributed by atoms with E-state index in [1.54, 1.807) is 0 Å². The highest BCUT2D eigenvalue weighted by molar-refractivity contribution is 4.77. The van der Waals surface area contributed by atoms with E-state index in [1.807, 2.05) is 0 Å². The van der Waals surface area contributed by atoms with Crippen molar-refractivity contribution in [2.24, 2.45) is 11.3 Å². The maximum atomic E-state index is 2.44. The van der Waals surface area contributed by atoms with Crippen LogP contribution in [-0.2, 0) is 0 Å². The molecule has 0 N–H and O–H groups in total. The minimum Gasteiger partial charge on any atom is -0.306 e. The summed E-state index contributed by atoms with van der Waals surface area (Å²) in [7, 11) is 2.22. The molecule has 0 radical (unpaired) electrons. The summed E-state index contributed by atoms with van der Waals surface area (Å²) in [6.45, 7) is 9.64. The summed E-state index contributed by atoms with van der Waals surface area (Å²) in [6, 6.07) is 0. The number of likely N-dealkylation sites (tertiary alicyclic amines) is 1. The lowest BCUT2D eigenvalue weighted by atomic mass is 9.84. The summed E-state index contributed by atoms with van der Waals surface area (Å²) < 4.78 is 0. The Labute approximate surface area is 70.8 Å². The molecule has 1 heterocycles. The fourth-order valence-corrected chi connectivity index (χ4v) is 2.06. The van der Waals surface area contributed by atoms with Crippen LogP contribution in [-0.4, -0.2) is 25.0 Å². The first-order chi connectivity index (χ1) is 4.97. The number of nitrogens with zero attached hydrogens (tertiary/aromatic N) is 1. The summed E-state index contributed by atoms with van der Waals surface area (Å²) in [5.74, 6) is 0.958. The van der Waals surface area contributed by atoms with Crippen molar-refractivity contribution in [2.75, 3.05) is 20.1 Å². The van der Waals surface area contributed by atoms with Gasteiger partial charge in [-0.3, -0.25) is 0 Å². The van der Waals surface area contributed by atoms with Gasteiger partial charge >= 0.3 is 0 Å². The molecule has 0 saturated carbocycles. The molecule has 0 spiro atoms. The third-order valence-electron chi connectivity index (χ3n) is 2.39. The molecule has 0 aliphatic carbocycles. The van der Waals surface area contributed by atoms with E-state index in [0.29, 0.717) is 5.41 Å². The zero-order chi connectivity index (χ0) is 8.48. The Morgan fingerprint density at radius 1 is 1.36 bits per heavy atom. The van der Waals surface area contributed by atoms with E-state index in [0.717, 1.165) is 5.92 Å². The minimum absolute atomic E-state index is 0.524. The Balaban J connectivity index is 2.29. The van der Waals surface area contributed by atoms with Gasteiger partial charge in [-0.1, -0.05) is 20.8 Å². The highest BCUT2D eigenvalue weighted by atomic mass is 15.1. The van der Waals surface area contributed by atoms with Crippen LogP contribution in [0.1, 0.15) is 33.6 Å². The van der Waals surface area contributed by atoms with E-state index in [-0.39, 0.29) is 0 Å². The largest absolute Gasteiger partial charge is 0.306 e. The van der Waals surface area contributed by atoms with Crippen molar-refractivity contribution in [3.05, 3.63) is 0 Å². The Bertz CT molecular complexity index is 123. The highest BCUT2D eigenvalue weighted by Gasteiger charge is 2.24. The third kappa shape index (κ3) is 3.24. The second-order valence-corrected chi connectivity index (χ2v) is 5.18. The van der Waals surface area contributed by atoms with Crippen LogP contribution < -0.4 is 0 Å². The summed E-state index contributed by atoms with van der Waals surface area (Å²) in [6.07, 6.45) is 2.80. The molecule has 1 rings (SSSR count). The monoisotopic (exact) mass is 155 g/mol. The molecule has 66 valence electrons. The standard InChI is InChI=1S/C10H21N/c1-10(2,3)7-9-5-6-11(4)8-9/h9H,5-8H2,1-4H3. The third-order valence-corrected chi connectivity index (χ3v) is 2.39. The molecule has 1 aliphatic rings. The molecular formula is C10H21N. The lowest BCUT2D eigenvalue weighted by molar-refractivity contribution is 0.289. The number of hydrogen-bond acceptors (Lipinski definition) is 1. The maximum absolute atomic E-state index is 2.44. The topological polar surface area (TPSA) is 3.24 Å². The van der Waals surface area contributed by atoms with Crippen molar-refractivity contribution in [1.82, 2.24) is 4.90 Å². The molecule has 0 aromatic rings. The molecule has 0 aromatic heterocycles. The molecule has 0 bridgehead atoms. The second kappa shape index (κ2) is 3.14. The molecular weight excluding hydrogens is 134 g/mol. The Morgan fingerprint density at radius 2 is 2.00 bits per heavy atom. The van der Waals surface area contributed by atoms with Crippen LogP contribution in [0.2, 0.25) is 0 Å². The lowest BCUT2D eigenvalue weighted by Crippen LogP contribution is -2.17. The second-order valence-electron chi connectivity index (χ2n) is 5.18. The van der Waals surface area contributed by atoms with Crippen LogP contribution in [0.15, 0.2) is 0 Å². The van der Waals surface area contributed by atoms with Crippen LogP contribution in [0.25, 0.3) is 0 Å². The zero-order valence-electron chi connectivity index (χ0n) is 8.35. The first kappa shape index (κ1) is 9.05. The predicted molar refractivity (Wildman–Crippen MR) is 49.7 cm³/mol. The summed E-state index contributed by atoms with van der Waals surface area (Å²) in [4.78, 5) is 2.44.